The van der Waals surface area contributed by atoms with Gasteiger partial charge in [-0.2, -0.15) is 0 Å². The molecule has 452 valence electrons. The number of unbranched alkanes of at least 4 members (excludes halogenated alkanes) is 39. The highest BCUT2D eigenvalue weighted by atomic mass is 16.6. The van der Waals surface area contributed by atoms with Gasteiger partial charge in [-0.3, -0.25) is 14.4 Å². The molecule has 0 aromatic rings. The lowest BCUT2D eigenvalue weighted by Gasteiger charge is -2.18. The third-order valence-corrected chi connectivity index (χ3v) is 14.9. The number of carbonyl (C=O) groups is 3. The molecule has 0 aliphatic carbocycles. The topological polar surface area (TPSA) is 78.9 Å². The van der Waals surface area contributed by atoms with E-state index in [0.29, 0.717) is 19.3 Å². The number of esters is 3. The van der Waals surface area contributed by atoms with Crippen LogP contribution in [0.4, 0.5) is 0 Å². The van der Waals surface area contributed by atoms with Crippen LogP contribution in [0.5, 0.6) is 0 Å². The van der Waals surface area contributed by atoms with Gasteiger partial charge in [0.2, 0.25) is 0 Å². The van der Waals surface area contributed by atoms with Gasteiger partial charge >= 0.3 is 17.9 Å². The fraction of sp³-hybridized carbons (Fsp3) is 0.792. The molecule has 0 N–H and O–H groups in total. The molecule has 1 unspecified atom stereocenters. The van der Waals surface area contributed by atoms with Crippen LogP contribution in [-0.2, 0) is 28.6 Å². The van der Waals surface area contributed by atoms with Crippen molar-refractivity contribution >= 4 is 17.9 Å². The first-order valence-electron chi connectivity index (χ1n) is 33.9. The molecule has 0 amide bonds. The third kappa shape index (κ3) is 63.7. The lowest BCUT2D eigenvalue weighted by Crippen LogP contribution is -2.30. The zero-order valence-corrected chi connectivity index (χ0v) is 51.9. The maximum absolute atomic E-state index is 12.9. The highest BCUT2D eigenvalue weighted by Gasteiger charge is 2.19. The van der Waals surface area contributed by atoms with Crippen molar-refractivity contribution in [3.05, 3.63) is 72.9 Å². The number of allylic oxidation sites excluding steroid dienone is 12. The van der Waals surface area contributed by atoms with Gasteiger partial charge in [0.1, 0.15) is 13.2 Å². The van der Waals surface area contributed by atoms with Crippen LogP contribution < -0.4 is 0 Å². The Hall–Kier alpha value is -3.15. The van der Waals surface area contributed by atoms with E-state index in [2.05, 4.69) is 93.7 Å². The lowest BCUT2D eigenvalue weighted by atomic mass is 10.0. The minimum atomic E-state index is -0.777. The summed E-state index contributed by atoms with van der Waals surface area (Å²) < 4.78 is 17.0. The van der Waals surface area contributed by atoms with Crippen LogP contribution in [0.3, 0.4) is 0 Å². The smallest absolute Gasteiger partial charge is 0.306 e. The maximum atomic E-state index is 12.9. The minimum Gasteiger partial charge on any atom is -0.462 e. The Labute approximate surface area is 484 Å². The summed E-state index contributed by atoms with van der Waals surface area (Å²) in [5.41, 5.74) is 0. The van der Waals surface area contributed by atoms with Gasteiger partial charge in [0.05, 0.1) is 0 Å². The second kappa shape index (κ2) is 66.4. The first-order valence-corrected chi connectivity index (χ1v) is 33.9. The van der Waals surface area contributed by atoms with Gasteiger partial charge in [0.25, 0.3) is 0 Å². The van der Waals surface area contributed by atoms with Crippen molar-refractivity contribution in [2.75, 3.05) is 13.2 Å². The van der Waals surface area contributed by atoms with E-state index in [9.17, 15) is 14.4 Å². The predicted octanol–water partition coefficient (Wildman–Crippen LogP) is 23.3. The zero-order valence-electron chi connectivity index (χ0n) is 51.9. The summed E-state index contributed by atoms with van der Waals surface area (Å²) in [6, 6.07) is 0. The van der Waals surface area contributed by atoms with Gasteiger partial charge in [0.15, 0.2) is 6.10 Å². The van der Waals surface area contributed by atoms with Gasteiger partial charge in [-0.25, -0.2) is 0 Å². The highest BCUT2D eigenvalue weighted by molar-refractivity contribution is 5.71. The summed E-state index contributed by atoms with van der Waals surface area (Å²) in [5.74, 6) is -0.860. The van der Waals surface area contributed by atoms with Crippen molar-refractivity contribution in [3.63, 3.8) is 0 Å². The molecule has 0 heterocycles. The van der Waals surface area contributed by atoms with Crippen LogP contribution >= 0.6 is 0 Å². The Balaban J connectivity index is 4.26. The molecule has 0 bridgehead atoms. The molecule has 1 atom stereocenters. The largest absolute Gasteiger partial charge is 0.462 e. The Morgan fingerprint density at radius 3 is 0.782 bits per heavy atom. The fourth-order valence-electron chi connectivity index (χ4n) is 9.88. The first-order chi connectivity index (χ1) is 38.5. The Morgan fingerprint density at radius 2 is 0.500 bits per heavy atom. The monoisotopic (exact) mass is 1090 g/mol. The average molecular weight is 1090 g/mol. The molecule has 6 nitrogen and oxygen atoms in total. The van der Waals surface area contributed by atoms with Crippen molar-refractivity contribution in [2.24, 2.45) is 0 Å². The van der Waals surface area contributed by atoms with E-state index in [4.69, 9.17) is 14.2 Å². The second-order valence-electron chi connectivity index (χ2n) is 22.7. The number of ether oxygens (including phenoxy) is 3. The van der Waals surface area contributed by atoms with E-state index in [1.165, 1.54) is 218 Å². The van der Waals surface area contributed by atoms with Crippen molar-refractivity contribution in [2.45, 2.75) is 354 Å². The lowest BCUT2D eigenvalue weighted by molar-refractivity contribution is -0.167. The molecule has 0 saturated heterocycles. The maximum Gasteiger partial charge on any atom is 0.306 e. The molecule has 0 spiro atoms. The first kappa shape index (κ1) is 74.8. The number of carbonyl (C=O) groups excluding carboxylic acids is 3. The van der Waals surface area contributed by atoms with Crippen LogP contribution in [0.2, 0.25) is 0 Å². The molecule has 0 saturated carbocycles. The molecule has 0 aliphatic rings. The van der Waals surface area contributed by atoms with E-state index < -0.39 is 6.10 Å². The fourth-order valence-corrected chi connectivity index (χ4v) is 9.88. The van der Waals surface area contributed by atoms with Crippen molar-refractivity contribution in [1.29, 1.82) is 0 Å². The molecule has 0 aromatic carbocycles. The van der Waals surface area contributed by atoms with Crippen LogP contribution in [0.15, 0.2) is 72.9 Å². The Bertz CT molecular complexity index is 1440. The van der Waals surface area contributed by atoms with Crippen LogP contribution in [0.25, 0.3) is 0 Å². The van der Waals surface area contributed by atoms with E-state index >= 15 is 0 Å². The summed E-state index contributed by atoms with van der Waals surface area (Å²) in [5, 5.41) is 0. The van der Waals surface area contributed by atoms with Crippen molar-refractivity contribution in [3.8, 4) is 0 Å². The summed E-state index contributed by atoms with van der Waals surface area (Å²) >= 11 is 0. The highest BCUT2D eigenvalue weighted by Crippen LogP contribution is 2.17. The van der Waals surface area contributed by atoms with E-state index in [1.807, 2.05) is 0 Å². The van der Waals surface area contributed by atoms with E-state index in [0.717, 1.165) is 89.9 Å². The summed E-state index contributed by atoms with van der Waals surface area (Å²) in [6.45, 7) is 6.56. The second-order valence-corrected chi connectivity index (χ2v) is 22.7. The molecule has 0 fully saturated rings. The molecule has 0 radical (unpaired) electrons. The summed E-state index contributed by atoms with van der Waals surface area (Å²) in [7, 11) is 0. The van der Waals surface area contributed by atoms with Crippen LogP contribution in [-0.4, -0.2) is 37.2 Å². The van der Waals surface area contributed by atoms with Gasteiger partial charge in [-0.15, -0.1) is 0 Å². The SMILES string of the molecule is CC/C=C\C/C=C\C/C=C\C/C=C\CCCCCCCCCCCCC(=O)OC(COC(=O)CCCCCCCCCCCCCC)COC(=O)CCCCCCCCCCCCCCC/C=C\C/C=C\CCCCCCC. The summed E-state index contributed by atoms with van der Waals surface area (Å²) in [6.07, 6.45) is 86.3. The average Bonchev–Trinajstić information content (AvgIpc) is 3.44. The third-order valence-electron chi connectivity index (χ3n) is 14.9. The quantitative estimate of drug-likeness (QED) is 0.0261. The molecule has 0 aromatic heterocycles. The summed E-state index contributed by atoms with van der Waals surface area (Å²) in [4.78, 5) is 38.4. The molecular formula is C72H128O6. The Kier molecular flexibility index (Phi) is 63.7. The molecule has 0 aliphatic heterocycles. The number of hydrogen-bond donors (Lipinski definition) is 0. The van der Waals surface area contributed by atoms with Crippen molar-refractivity contribution in [1.82, 2.24) is 0 Å². The number of rotatable bonds is 62. The molecule has 78 heavy (non-hydrogen) atoms. The van der Waals surface area contributed by atoms with Gasteiger partial charge in [0, 0.05) is 19.3 Å². The van der Waals surface area contributed by atoms with E-state index in [1.54, 1.807) is 0 Å². The Morgan fingerprint density at radius 1 is 0.269 bits per heavy atom. The van der Waals surface area contributed by atoms with E-state index in [-0.39, 0.29) is 31.1 Å². The van der Waals surface area contributed by atoms with Gasteiger partial charge < -0.3 is 14.2 Å². The standard InChI is InChI=1S/C72H128O6/c1-4-7-10-13-16-19-22-25-27-29-31-33-35-36-38-39-41-43-45-47-50-53-56-59-62-65-71(74)77-68-69(67-76-70(73)64-61-58-55-52-49-24-21-18-15-12-9-6-3)78-72(75)66-63-60-57-54-51-48-46-44-42-40-37-34-32-30-28-26-23-20-17-14-11-8-5-2/h8,11,17,20,22,25-26,28-29,31-32,34,69H,4-7,9-10,12-16,18-19,21,23-24,27,30,33,35-68H2,1-3H3/b11-8-,20-17-,25-22-,28-26-,31-29-,34-32-. The van der Waals surface area contributed by atoms with Crippen LogP contribution in [0.1, 0.15) is 348 Å². The molecule has 0 rings (SSSR count). The van der Waals surface area contributed by atoms with Crippen LogP contribution in [0, 0.1) is 0 Å². The molecular weight excluding hydrogens is 961 g/mol. The van der Waals surface area contributed by atoms with Crippen molar-refractivity contribution < 1.29 is 28.6 Å². The number of hydrogen-bond acceptors (Lipinski definition) is 6. The zero-order chi connectivity index (χ0) is 56.4. The minimum absolute atomic E-state index is 0.0732. The normalized spacial score (nSPS) is 12.5. The predicted molar refractivity (Wildman–Crippen MR) is 339 cm³/mol. The van der Waals surface area contributed by atoms with Gasteiger partial charge in [-0.05, 0) is 89.9 Å². The van der Waals surface area contributed by atoms with Gasteiger partial charge in [-0.1, -0.05) is 312 Å². The molecule has 6 heteroatoms.